The van der Waals surface area contributed by atoms with Crippen LogP contribution in [0.4, 0.5) is 0 Å². The van der Waals surface area contributed by atoms with Gasteiger partial charge in [-0.1, -0.05) is 6.07 Å². The van der Waals surface area contributed by atoms with Crippen molar-refractivity contribution in [3.05, 3.63) is 29.5 Å². The summed E-state index contributed by atoms with van der Waals surface area (Å²) in [6.45, 7) is 1.39. The number of hydrogen-bond acceptors (Lipinski definition) is 5. The van der Waals surface area contributed by atoms with Crippen LogP contribution in [0.3, 0.4) is 0 Å². The zero-order chi connectivity index (χ0) is 13.7. The highest BCUT2D eigenvalue weighted by Crippen LogP contribution is 2.23. The SMILES string of the molecule is CN(CCCC(=O)O)Cc1coc(-c2cccs2)n1. The molecule has 0 spiro atoms. The van der Waals surface area contributed by atoms with Gasteiger partial charge in [0.25, 0.3) is 0 Å². The van der Waals surface area contributed by atoms with Crippen LogP contribution in [0.1, 0.15) is 18.5 Å². The van der Waals surface area contributed by atoms with Crippen LogP contribution in [0.25, 0.3) is 10.8 Å². The normalized spacial score (nSPS) is 11.1. The first-order chi connectivity index (χ1) is 9.15. The van der Waals surface area contributed by atoms with Crippen LogP contribution in [0.2, 0.25) is 0 Å². The van der Waals surface area contributed by atoms with Gasteiger partial charge in [0, 0.05) is 13.0 Å². The molecule has 5 nitrogen and oxygen atoms in total. The van der Waals surface area contributed by atoms with Crippen LogP contribution >= 0.6 is 11.3 Å². The molecule has 2 aromatic rings. The Kier molecular flexibility index (Phi) is 4.70. The summed E-state index contributed by atoms with van der Waals surface area (Å²) in [6.07, 6.45) is 2.49. The van der Waals surface area contributed by atoms with Crippen molar-refractivity contribution in [1.29, 1.82) is 0 Å². The summed E-state index contributed by atoms with van der Waals surface area (Å²) < 4.78 is 5.43. The molecule has 0 unspecified atom stereocenters. The number of nitrogens with zero attached hydrogens (tertiary/aromatic N) is 2. The molecule has 0 amide bonds. The van der Waals surface area contributed by atoms with E-state index in [1.54, 1.807) is 17.6 Å². The maximum absolute atomic E-state index is 10.4. The summed E-state index contributed by atoms with van der Waals surface area (Å²) >= 11 is 1.59. The molecular formula is C13H16N2O3S. The van der Waals surface area contributed by atoms with E-state index in [-0.39, 0.29) is 6.42 Å². The smallest absolute Gasteiger partial charge is 0.303 e. The maximum atomic E-state index is 10.4. The summed E-state index contributed by atoms with van der Waals surface area (Å²) in [7, 11) is 1.95. The number of hydrogen-bond donors (Lipinski definition) is 1. The zero-order valence-electron chi connectivity index (χ0n) is 10.7. The Morgan fingerprint density at radius 2 is 2.42 bits per heavy atom. The van der Waals surface area contributed by atoms with Crippen molar-refractivity contribution in [2.45, 2.75) is 19.4 Å². The fourth-order valence-corrected chi connectivity index (χ4v) is 2.40. The molecule has 2 heterocycles. The minimum absolute atomic E-state index is 0.198. The van der Waals surface area contributed by atoms with E-state index in [1.165, 1.54) is 0 Å². The van der Waals surface area contributed by atoms with E-state index in [9.17, 15) is 4.79 Å². The van der Waals surface area contributed by atoms with Gasteiger partial charge in [-0.2, -0.15) is 0 Å². The van der Waals surface area contributed by atoms with Gasteiger partial charge in [-0.3, -0.25) is 4.79 Å². The summed E-state index contributed by atoms with van der Waals surface area (Å²) in [5, 5.41) is 10.6. The first kappa shape index (κ1) is 13.8. The number of carbonyl (C=O) groups is 1. The zero-order valence-corrected chi connectivity index (χ0v) is 11.5. The summed E-state index contributed by atoms with van der Waals surface area (Å²) in [4.78, 5) is 17.9. The molecule has 2 rings (SSSR count). The lowest BCUT2D eigenvalue weighted by atomic mass is 10.3. The summed E-state index contributed by atoms with van der Waals surface area (Å²) in [5.74, 6) is -0.112. The first-order valence-corrected chi connectivity index (χ1v) is 6.92. The van der Waals surface area contributed by atoms with E-state index in [2.05, 4.69) is 4.98 Å². The van der Waals surface area contributed by atoms with E-state index in [0.29, 0.717) is 18.9 Å². The van der Waals surface area contributed by atoms with Gasteiger partial charge in [0.15, 0.2) is 0 Å². The molecule has 1 N–H and O–H groups in total. The Labute approximate surface area is 115 Å². The minimum Gasteiger partial charge on any atom is -0.481 e. The largest absolute Gasteiger partial charge is 0.481 e. The third kappa shape index (κ3) is 4.18. The Bertz CT molecular complexity index is 522. The second-order valence-corrected chi connectivity index (χ2v) is 5.30. The van der Waals surface area contributed by atoms with Crippen LogP contribution < -0.4 is 0 Å². The Morgan fingerprint density at radius 3 is 3.11 bits per heavy atom. The van der Waals surface area contributed by atoms with Crippen LogP contribution in [0, 0.1) is 0 Å². The fraction of sp³-hybridized carbons (Fsp3) is 0.385. The predicted molar refractivity (Wildman–Crippen MR) is 73.0 cm³/mol. The van der Waals surface area contributed by atoms with Gasteiger partial charge in [-0.25, -0.2) is 4.98 Å². The number of rotatable bonds is 7. The maximum Gasteiger partial charge on any atom is 0.303 e. The van der Waals surface area contributed by atoms with Crippen molar-refractivity contribution in [2.24, 2.45) is 0 Å². The molecule has 102 valence electrons. The predicted octanol–water partition coefficient (Wildman–Crippen LogP) is 2.70. The summed E-state index contributed by atoms with van der Waals surface area (Å²) in [6, 6.07) is 3.93. The van der Waals surface area contributed by atoms with Crippen LogP contribution in [0.5, 0.6) is 0 Å². The van der Waals surface area contributed by atoms with Crippen LogP contribution in [-0.2, 0) is 11.3 Å². The molecule has 0 saturated carbocycles. The molecule has 0 fully saturated rings. The Balaban J connectivity index is 1.84. The van der Waals surface area contributed by atoms with Crippen molar-refractivity contribution < 1.29 is 14.3 Å². The number of carboxylic acid groups (broad SMARTS) is 1. The Hall–Kier alpha value is -1.66. The third-order valence-electron chi connectivity index (χ3n) is 2.65. The van der Waals surface area contributed by atoms with Crippen LogP contribution in [-0.4, -0.2) is 34.6 Å². The first-order valence-electron chi connectivity index (χ1n) is 6.04. The van der Waals surface area contributed by atoms with E-state index >= 15 is 0 Å². The summed E-state index contributed by atoms with van der Waals surface area (Å²) in [5.41, 5.74) is 0.862. The molecule has 6 heteroatoms. The molecule has 0 radical (unpaired) electrons. The molecule has 0 aliphatic heterocycles. The van der Waals surface area contributed by atoms with E-state index < -0.39 is 5.97 Å². The lowest BCUT2D eigenvalue weighted by Gasteiger charge is -2.13. The average molecular weight is 280 g/mol. The van der Waals surface area contributed by atoms with Crippen LogP contribution in [0.15, 0.2) is 28.2 Å². The Morgan fingerprint density at radius 1 is 1.58 bits per heavy atom. The highest BCUT2D eigenvalue weighted by Gasteiger charge is 2.09. The standard InChI is InChI=1S/C13H16N2O3S/c1-15(6-2-5-12(16)17)8-10-9-18-13(14-10)11-4-3-7-19-11/h3-4,7,9H,2,5-6,8H2,1H3,(H,16,17). The van der Waals surface area contributed by atoms with Crippen molar-refractivity contribution in [2.75, 3.05) is 13.6 Å². The molecule has 0 aromatic carbocycles. The third-order valence-corrected chi connectivity index (χ3v) is 3.50. The molecule has 0 aliphatic carbocycles. The van der Waals surface area contributed by atoms with Gasteiger partial charge in [0.1, 0.15) is 6.26 Å². The minimum atomic E-state index is -0.755. The van der Waals surface area contributed by atoms with E-state index in [1.807, 2.05) is 29.5 Å². The number of oxazole rings is 1. The topological polar surface area (TPSA) is 66.6 Å². The molecular weight excluding hydrogens is 264 g/mol. The lowest BCUT2D eigenvalue weighted by Crippen LogP contribution is -2.20. The van der Waals surface area contributed by atoms with Crippen molar-refractivity contribution in [3.63, 3.8) is 0 Å². The van der Waals surface area contributed by atoms with Gasteiger partial charge < -0.3 is 14.4 Å². The highest BCUT2D eigenvalue weighted by atomic mass is 32.1. The van der Waals surface area contributed by atoms with Gasteiger partial charge in [-0.05, 0) is 31.5 Å². The van der Waals surface area contributed by atoms with Crippen molar-refractivity contribution >= 4 is 17.3 Å². The average Bonchev–Trinajstić information content (AvgIpc) is 2.97. The second-order valence-electron chi connectivity index (χ2n) is 4.36. The van der Waals surface area contributed by atoms with Gasteiger partial charge in [0.05, 0.1) is 10.6 Å². The molecule has 19 heavy (non-hydrogen) atoms. The molecule has 0 aliphatic rings. The van der Waals surface area contributed by atoms with Crippen molar-refractivity contribution in [3.8, 4) is 10.8 Å². The van der Waals surface area contributed by atoms with Crippen molar-refractivity contribution in [1.82, 2.24) is 9.88 Å². The highest BCUT2D eigenvalue weighted by molar-refractivity contribution is 7.13. The van der Waals surface area contributed by atoms with Gasteiger partial charge in [-0.15, -0.1) is 11.3 Å². The lowest BCUT2D eigenvalue weighted by molar-refractivity contribution is -0.137. The number of aliphatic carboxylic acids is 1. The molecule has 0 bridgehead atoms. The van der Waals surface area contributed by atoms with E-state index in [0.717, 1.165) is 17.1 Å². The molecule has 2 aromatic heterocycles. The van der Waals surface area contributed by atoms with E-state index in [4.69, 9.17) is 9.52 Å². The number of carboxylic acids is 1. The second kappa shape index (κ2) is 6.49. The molecule has 0 atom stereocenters. The quantitative estimate of drug-likeness (QED) is 0.844. The number of thiophene rings is 1. The fourth-order valence-electron chi connectivity index (χ4n) is 1.75. The van der Waals surface area contributed by atoms with Gasteiger partial charge >= 0.3 is 5.97 Å². The van der Waals surface area contributed by atoms with Gasteiger partial charge in [0.2, 0.25) is 5.89 Å². The monoisotopic (exact) mass is 280 g/mol. The molecule has 0 saturated heterocycles. The number of aromatic nitrogens is 1.